The van der Waals surface area contributed by atoms with Crippen LogP contribution in [0.15, 0.2) is 18.3 Å². The maximum Gasteiger partial charge on any atom is 0.169 e. The summed E-state index contributed by atoms with van der Waals surface area (Å²) < 4.78 is 12.2. The lowest BCUT2D eigenvalue weighted by atomic mass is 9.85. The van der Waals surface area contributed by atoms with Crippen molar-refractivity contribution >= 4 is 11.8 Å². The third kappa shape index (κ3) is 3.99. The lowest BCUT2D eigenvalue weighted by Gasteiger charge is -2.44. The maximum absolute atomic E-state index is 6.52. The lowest BCUT2D eigenvalue weighted by Crippen LogP contribution is -2.50. The monoisotopic (exact) mass is 309 g/mol. The van der Waals surface area contributed by atoms with Crippen LogP contribution in [0.5, 0.6) is 0 Å². The molecule has 2 heterocycles. The first-order valence-electron chi connectivity index (χ1n) is 7.67. The molecule has 3 nitrogen and oxygen atoms in total. The summed E-state index contributed by atoms with van der Waals surface area (Å²) in [6.07, 6.45) is 3.48. The Morgan fingerprint density at radius 1 is 1.43 bits per heavy atom. The average molecular weight is 309 g/mol. The van der Waals surface area contributed by atoms with Crippen molar-refractivity contribution < 1.29 is 9.47 Å². The van der Waals surface area contributed by atoms with E-state index in [0.29, 0.717) is 5.92 Å². The highest BCUT2D eigenvalue weighted by Crippen LogP contribution is 2.36. The van der Waals surface area contributed by atoms with Gasteiger partial charge in [-0.15, -0.1) is 0 Å². The van der Waals surface area contributed by atoms with Crippen LogP contribution in [0, 0.1) is 5.92 Å². The van der Waals surface area contributed by atoms with E-state index >= 15 is 0 Å². The Labute approximate surface area is 132 Å². The molecule has 0 fully saturated rings. The number of aromatic nitrogens is 1. The lowest BCUT2D eigenvalue weighted by molar-refractivity contribution is -0.275. The largest absolute Gasteiger partial charge is 0.353 e. The zero-order valence-electron chi connectivity index (χ0n) is 13.8. The van der Waals surface area contributed by atoms with Gasteiger partial charge >= 0.3 is 0 Å². The first-order valence-corrected chi connectivity index (χ1v) is 8.83. The second-order valence-electron chi connectivity index (χ2n) is 6.32. The molecule has 2 unspecified atom stereocenters. The van der Waals surface area contributed by atoms with Crippen LogP contribution in [0.3, 0.4) is 0 Å². The minimum absolute atomic E-state index is 0.265. The van der Waals surface area contributed by atoms with Gasteiger partial charge in [0.2, 0.25) is 0 Å². The van der Waals surface area contributed by atoms with Crippen LogP contribution in [0.1, 0.15) is 39.0 Å². The van der Waals surface area contributed by atoms with Crippen LogP contribution in [0.25, 0.3) is 0 Å². The van der Waals surface area contributed by atoms with Gasteiger partial charge < -0.3 is 9.47 Å². The van der Waals surface area contributed by atoms with Crippen LogP contribution in [-0.2, 0) is 22.3 Å². The molecule has 1 aliphatic rings. The number of hydrogen-bond donors (Lipinski definition) is 0. The second-order valence-corrected chi connectivity index (χ2v) is 7.64. The minimum atomic E-state index is -0.584. The number of pyridine rings is 1. The second kappa shape index (κ2) is 6.67. The number of thioether (sulfide) groups is 1. The van der Waals surface area contributed by atoms with Crippen LogP contribution in [0.2, 0.25) is 0 Å². The Morgan fingerprint density at radius 2 is 2.19 bits per heavy atom. The van der Waals surface area contributed by atoms with E-state index in [2.05, 4.69) is 31.8 Å². The molecule has 0 saturated carbocycles. The zero-order valence-corrected chi connectivity index (χ0v) is 14.6. The molecule has 0 aromatic carbocycles. The molecule has 2 bridgehead atoms. The van der Waals surface area contributed by atoms with E-state index in [1.165, 1.54) is 5.56 Å². The highest BCUT2D eigenvalue weighted by molar-refractivity contribution is 7.99. The van der Waals surface area contributed by atoms with Crippen molar-refractivity contribution in [3.05, 3.63) is 29.6 Å². The van der Waals surface area contributed by atoms with Gasteiger partial charge in [0.25, 0.3) is 0 Å². The van der Waals surface area contributed by atoms with Crippen molar-refractivity contribution in [3.8, 4) is 0 Å². The summed E-state index contributed by atoms with van der Waals surface area (Å²) in [5.41, 5.74) is 2.07. The molecule has 1 aliphatic heterocycles. The summed E-state index contributed by atoms with van der Waals surface area (Å²) in [7, 11) is 1.73. The van der Waals surface area contributed by atoms with Gasteiger partial charge in [0.1, 0.15) is 0 Å². The zero-order chi connectivity index (χ0) is 15.5. The Kier molecular flexibility index (Phi) is 5.33. The van der Waals surface area contributed by atoms with Gasteiger partial charge in [0, 0.05) is 31.8 Å². The molecule has 1 aromatic heterocycles. The summed E-state index contributed by atoms with van der Waals surface area (Å²) in [5, 5.41) is 0. The molecule has 0 spiro atoms. The van der Waals surface area contributed by atoms with Crippen molar-refractivity contribution in [2.75, 3.05) is 18.6 Å². The van der Waals surface area contributed by atoms with E-state index in [1.807, 2.05) is 30.9 Å². The van der Waals surface area contributed by atoms with E-state index < -0.39 is 5.79 Å². The minimum Gasteiger partial charge on any atom is -0.353 e. The highest BCUT2D eigenvalue weighted by Gasteiger charge is 2.41. The molecule has 0 amide bonds. The number of rotatable bonds is 5. The number of ether oxygens (including phenoxy) is 2. The van der Waals surface area contributed by atoms with E-state index in [0.717, 1.165) is 30.0 Å². The van der Waals surface area contributed by atoms with Gasteiger partial charge in [-0.3, -0.25) is 4.98 Å². The fraction of sp³-hybridized carbons (Fsp3) is 0.706. The fourth-order valence-electron chi connectivity index (χ4n) is 2.89. The topological polar surface area (TPSA) is 31.4 Å². The van der Waals surface area contributed by atoms with Crippen LogP contribution in [-0.4, -0.2) is 35.0 Å². The summed E-state index contributed by atoms with van der Waals surface area (Å²) in [6.45, 7) is 8.70. The van der Waals surface area contributed by atoms with Gasteiger partial charge in [-0.2, -0.15) is 11.8 Å². The number of hydrogen-bond acceptors (Lipinski definition) is 4. The maximum atomic E-state index is 6.52. The molecular weight excluding hydrogens is 282 g/mol. The molecule has 0 radical (unpaired) electrons. The predicted octanol–water partition coefficient (Wildman–Crippen LogP) is 3.71. The fourth-order valence-corrected chi connectivity index (χ4v) is 3.83. The standard InChI is InChI=1S/C17H27NO2S/c1-6-21-12-13(2)16(3)11-15-9-14(7-8-18-15)10-17(4,19-5)20-16/h7-9,13H,6,10-12H2,1-5H3/t13-,16?,17?/m0/s1. The molecule has 3 atom stereocenters. The Balaban J connectivity index is 2.32. The Bertz CT molecular complexity index is 482. The van der Waals surface area contributed by atoms with E-state index in [-0.39, 0.29) is 5.60 Å². The van der Waals surface area contributed by atoms with Crippen molar-refractivity contribution in [1.29, 1.82) is 0 Å². The molecule has 118 valence electrons. The average Bonchev–Trinajstić information content (AvgIpc) is 2.43. The predicted molar refractivity (Wildman–Crippen MR) is 88.7 cm³/mol. The molecular formula is C17H27NO2S. The number of methoxy groups -OCH3 is 1. The molecule has 2 rings (SSSR count). The molecule has 0 N–H and O–H groups in total. The number of fused-ring (bicyclic) bond motifs is 2. The van der Waals surface area contributed by atoms with Crippen molar-refractivity contribution in [2.24, 2.45) is 5.92 Å². The van der Waals surface area contributed by atoms with Gasteiger partial charge in [-0.1, -0.05) is 13.8 Å². The van der Waals surface area contributed by atoms with E-state index in [9.17, 15) is 0 Å². The van der Waals surface area contributed by atoms with Gasteiger partial charge in [0.05, 0.1) is 5.60 Å². The Hall–Kier alpha value is -0.580. The van der Waals surface area contributed by atoms with Crippen LogP contribution >= 0.6 is 11.8 Å². The summed E-state index contributed by atoms with van der Waals surface area (Å²) in [5.74, 6) is 2.07. The van der Waals surface area contributed by atoms with Crippen LogP contribution in [0.4, 0.5) is 0 Å². The van der Waals surface area contributed by atoms with E-state index in [1.54, 1.807) is 7.11 Å². The van der Waals surface area contributed by atoms with Gasteiger partial charge in [0.15, 0.2) is 5.79 Å². The normalized spacial score (nSPS) is 30.5. The quantitative estimate of drug-likeness (QED) is 0.830. The van der Waals surface area contributed by atoms with Gasteiger partial charge in [-0.05, 0) is 49.0 Å². The van der Waals surface area contributed by atoms with E-state index in [4.69, 9.17) is 9.47 Å². The first kappa shape index (κ1) is 16.8. The molecule has 1 aromatic rings. The SMILES string of the molecule is CCSC[C@H](C)C1(C)Cc2cc(ccn2)CC(C)(OC)O1. The van der Waals surface area contributed by atoms with Crippen molar-refractivity contribution in [1.82, 2.24) is 4.98 Å². The Morgan fingerprint density at radius 3 is 2.86 bits per heavy atom. The third-order valence-electron chi connectivity index (χ3n) is 4.43. The molecule has 4 heteroatoms. The smallest absolute Gasteiger partial charge is 0.169 e. The summed E-state index contributed by atoms with van der Waals surface area (Å²) in [6, 6.07) is 4.24. The first-order chi connectivity index (χ1) is 9.91. The van der Waals surface area contributed by atoms with Gasteiger partial charge in [-0.25, -0.2) is 0 Å². The van der Waals surface area contributed by atoms with Crippen LogP contribution < -0.4 is 0 Å². The molecule has 0 saturated heterocycles. The number of nitrogens with zero attached hydrogens (tertiary/aromatic N) is 1. The molecule has 21 heavy (non-hydrogen) atoms. The molecule has 0 aliphatic carbocycles. The summed E-state index contributed by atoms with van der Waals surface area (Å²) >= 11 is 1.96. The van der Waals surface area contributed by atoms with Crippen molar-refractivity contribution in [2.45, 2.75) is 51.9 Å². The van der Waals surface area contributed by atoms with Crippen molar-refractivity contribution in [3.63, 3.8) is 0 Å². The summed E-state index contributed by atoms with van der Waals surface area (Å²) in [4.78, 5) is 4.52. The third-order valence-corrected chi connectivity index (χ3v) is 5.58. The highest BCUT2D eigenvalue weighted by atomic mass is 32.2.